The molecule has 1 aliphatic carbocycles. The van der Waals surface area contributed by atoms with E-state index >= 15 is 0 Å². The van der Waals surface area contributed by atoms with Crippen molar-refractivity contribution in [1.29, 1.82) is 0 Å². The predicted molar refractivity (Wildman–Crippen MR) is 129 cm³/mol. The number of hydrogen-bond donors (Lipinski definition) is 2. The van der Waals surface area contributed by atoms with Crippen molar-refractivity contribution < 1.29 is 0 Å². The summed E-state index contributed by atoms with van der Waals surface area (Å²) in [6, 6.07) is 8.72. The van der Waals surface area contributed by atoms with Crippen LogP contribution in [0.1, 0.15) is 78.5 Å². The quantitative estimate of drug-likeness (QED) is 0.641. The van der Waals surface area contributed by atoms with Crippen LogP contribution < -0.4 is 11.6 Å². The molecule has 5 nitrogen and oxygen atoms in total. The second-order valence-electron chi connectivity index (χ2n) is 8.18. The van der Waals surface area contributed by atoms with Crippen LogP contribution in [0, 0.1) is 11.3 Å². The number of rotatable bonds is 5. The maximum absolute atomic E-state index is 6.39. The van der Waals surface area contributed by atoms with E-state index in [0.717, 1.165) is 29.3 Å². The first kappa shape index (κ1) is 24.3. The van der Waals surface area contributed by atoms with Gasteiger partial charge in [0, 0.05) is 17.2 Å². The Morgan fingerprint density at radius 1 is 1.13 bits per heavy atom. The first-order valence-corrected chi connectivity index (χ1v) is 11.9. The van der Waals surface area contributed by atoms with Crippen molar-refractivity contribution in [2.75, 3.05) is 12.9 Å². The molecule has 30 heavy (non-hydrogen) atoms. The molecule has 1 saturated carbocycles. The van der Waals surface area contributed by atoms with E-state index in [4.69, 9.17) is 10.8 Å². The summed E-state index contributed by atoms with van der Waals surface area (Å²) in [5.74, 6) is 8.07. The van der Waals surface area contributed by atoms with Gasteiger partial charge in [-0.2, -0.15) is 0 Å². The highest BCUT2D eigenvalue weighted by Crippen LogP contribution is 2.57. The highest BCUT2D eigenvalue weighted by Gasteiger charge is 2.53. The number of para-hydroxylation sites is 2. The fourth-order valence-electron chi connectivity index (χ4n) is 5.82. The summed E-state index contributed by atoms with van der Waals surface area (Å²) >= 11 is 0. The summed E-state index contributed by atoms with van der Waals surface area (Å²) in [6.07, 6.45) is 8.97. The van der Waals surface area contributed by atoms with E-state index in [2.05, 4.69) is 31.1 Å². The molecule has 1 saturated heterocycles. The monoisotopic (exact) mass is 413 g/mol. The van der Waals surface area contributed by atoms with Crippen LogP contribution in [-0.4, -0.2) is 27.6 Å². The molecule has 3 unspecified atom stereocenters. The molecular formula is C25H43N5. The van der Waals surface area contributed by atoms with Gasteiger partial charge in [-0.15, -0.1) is 0 Å². The second-order valence-corrected chi connectivity index (χ2v) is 8.18. The van der Waals surface area contributed by atoms with E-state index in [1.165, 1.54) is 57.7 Å². The van der Waals surface area contributed by atoms with E-state index in [9.17, 15) is 0 Å². The summed E-state index contributed by atoms with van der Waals surface area (Å²) in [5.41, 5.74) is 8.09. The predicted octanol–water partition coefficient (Wildman–Crippen LogP) is 5.44. The average molecular weight is 414 g/mol. The van der Waals surface area contributed by atoms with Gasteiger partial charge in [0.25, 0.3) is 0 Å². The fourth-order valence-corrected chi connectivity index (χ4v) is 5.82. The number of fused-ring (bicyclic) bond motifs is 2. The SMILES string of the molecule is C=C1N(Cc2nc3ccccc3n2N)C2CCCCC2C1(CC)CCC.CC.CN. The van der Waals surface area contributed by atoms with Crippen LogP contribution in [0.4, 0.5) is 0 Å². The molecule has 1 aromatic heterocycles. The first-order chi connectivity index (χ1) is 14.6. The van der Waals surface area contributed by atoms with Crippen molar-refractivity contribution in [3.05, 3.63) is 42.4 Å². The van der Waals surface area contributed by atoms with Crippen molar-refractivity contribution in [2.45, 2.75) is 85.2 Å². The number of imidazole rings is 1. The van der Waals surface area contributed by atoms with Crippen LogP contribution >= 0.6 is 0 Å². The Morgan fingerprint density at radius 2 is 1.80 bits per heavy atom. The van der Waals surface area contributed by atoms with Crippen LogP contribution in [0.2, 0.25) is 0 Å². The zero-order valence-electron chi connectivity index (χ0n) is 19.8. The van der Waals surface area contributed by atoms with Crippen LogP contribution in [0.15, 0.2) is 36.5 Å². The summed E-state index contributed by atoms with van der Waals surface area (Å²) in [5, 5.41) is 0. The van der Waals surface area contributed by atoms with Gasteiger partial charge < -0.3 is 16.5 Å². The van der Waals surface area contributed by atoms with Crippen molar-refractivity contribution in [2.24, 2.45) is 17.1 Å². The highest BCUT2D eigenvalue weighted by atomic mass is 15.4. The third-order valence-electron chi connectivity index (χ3n) is 7.07. The lowest BCUT2D eigenvalue weighted by Gasteiger charge is -2.38. The largest absolute Gasteiger partial charge is 0.364 e. The molecule has 3 atom stereocenters. The Morgan fingerprint density at radius 3 is 2.43 bits per heavy atom. The Hall–Kier alpha value is -2.01. The first-order valence-electron chi connectivity index (χ1n) is 11.9. The van der Waals surface area contributed by atoms with Gasteiger partial charge in [0.1, 0.15) is 5.82 Å². The molecular weight excluding hydrogens is 370 g/mol. The van der Waals surface area contributed by atoms with Gasteiger partial charge >= 0.3 is 0 Å². The smallest absolute Gasteiger partial charge is 0.147 e. The fraction of sp³-hybridized carbons (Fsp3) is 0.640. The lowest BCUT2D eigenvalue weighted by Crippen LogP contribution is -2.36. The number of hydrogen-bond acceptors (Lipinski definition) is 4. The number of nitrogens with two attached hydrogens (primary N) is 2. The van der Waals surface area contributed by atoms with E-state index in [-0.39, 0.29) is 5.41 Å². The molecule has 0 spiro atoms. The molecule has 168 valence electrons. The van der Waals surface area contributed by atoms with Gasteiger partial charge in [0.15, 0.2) is 0 Å². The standard InChI is InChI=1S/C22H32N4.C2H6.CH5N/c1-4-14-22(5-2)16(3)25(19-12-8-6-10-17(19)22)15-21-24-18-11-7-9-13-20(18)26(21)23;2*1-2/h7,9,11,13,17,19H,3-6,8,10,12,14-15,23H2,1-2H3;1-2H3;2H2,1H3. The molecule has 4 rings (SSSR count). The van der Waals surface area contributed by atoms with Gasteiger partial charge in [0.05, 0.1) is 17.6 Å². The molecule has 1 aromatic carbocycles. The molecule has 1 aliphatic heterocycles. The molecule has 4 N–H and O–H groups in total. The minimum atomic E-state index is 0.269. The third-order valence-corrected chi connectivity index (χ3v) is 7.07. The van der Waals surface area contributed by atoms with Crippen LogP contribution in [-0.2, 0) is 6.54 Å². The molecule has 0 radical (unpaired) electrons. The molecule has 2 fully saturated rings. The minimum absolute atomic E-state index is 0.269. The zero-order valence-corrected chi connectivity index (χ0v) is 19.8. The van der Waals surface area contributed by atoms with E-state index in [0.29, 0.717) is 6.04 Å². The molecule has 0 bridgehead atoms. The van der Waals surface area contributed by atoms with E-state index < -0.39 is 0 Å². The van der Waals surface area contributed by atoms with Gasteiger partial charge in [-0.05, 0) is 50.8 Å². The van der Waals surface area contributed by atoms with Crippen LogP contribution in [0.5, 0.6) is 0 Å². The number of likely N-dealkylation sites (tertiary alicyclic amines) is 1. The van der Waals surface area contributed by atoms with E-state index in [1.807, 2.05) is 38.1 Å². The van der Waals surface area contributed by atoms with Crippen LogP contribution in [0.25, 0.3) is 11.0 Å². The Kier molecular flexibility index (Phi) is 8.78. The summed E-state index contributed by atoms with van der Waals surface area (Å²) in [4.78, 5) is 7.39. The molecule has 2 aliphatic rings. The van der Waals surface area contributed by atoms with Crippen molar-refractivity contribution in [1.82, 2.24) is 14.6 Å². The molecule has 5 heteroatoms. The number of benzene rings is 1. The molecule has 0 amide bonds. The summed E-state index contributed by atoms with van der Waals surface area (Å²) in [7, 11) is 1.50. The maximum atomic E-state index is 6.39. The zero-order chi connectivity index (χ0) is 22.3. The topological polar surface area (TPSA) is 73.1 Å². The number of aromatic nitrogens is 2. The van der Waals surface area contributed by atoms with Gasteiger partial charge in [0.2, 0.25) is 0 Å². The maximum Gasteiger partial charge on any atom is 0.147 e. The Labute approximate surface area is 183 Å². The van der Waals surface area contributed by atoms with Gasteiger partial charge in [-0.3, -0.25) is 0 Å². The van der Waals surface area contributed by atoms with Gasteiger partial charge in [-0.1, -0.05) is 65.7 Å². The summed E-state index contributed by atoms with van der Waals surface area (Å²) in [6.45, 7) is 14.1. The molecule has 2 aromatic rings. The van der Waals surface area contributed by atoms with E-state index in [1.54, 1.807) is 4.68 Å². The highest BCUT2D eigenvalue weighted by molar-refractivity contribution is 5.75. The lowest BCUT2D eigenvalue weighted by molar-refractivity contribution is 0.138. The summed E-state index contributed by atoms with van der Waals surface area (Å²) < 4.78 is 1.77. The van der Waals surface area contributed by atoms with Crippen molar-refractivity contribution in [3.8, 4) is 0 Å². The Balaban J connectivity index is 0.000000757. The minimum Gasteiger partial charge on any atom is -0.364 e. The van der Waals surface area contributed by atoms with Gasteiger partial charge in [-0.25, -0.2) is 9.66 Å². The van der Waals surface area contributed by atoms with Crippen molar-refractivity contribution in [3.63, 3.8) is 0 Å². The third kappa shape index (κ3) is 4.09. The number of nitrogens with zero attached hydrogens (tertiary/aromatic N) is 3. The normalized spacial score (nSPS) is 25.3. The average Bonchev–Trinajstić information content (AvgIpc) is 3.25. The lowest BCUT2D eigenvalue weighted by atomic mass is 9.65. The second kappa shape index (κ2) is 10.9. The number of nitrogen functional groups attached to an aromatic ring is 1. The van der Waals surface area contributed by atoms with Crippen LogP contribution in [0.3, 0.4) is 0 Å². The molecule has 2 heterocycles. The number of allylic oxidation sites excluding steroid dienone is 1. The van der Waals surface area contributed by atoms with Crippen molar-refractivity contribution >= 4 is 11.0 Å². The Bertz CT molecular complexity index is 811.